The maximum atomic E-state index is 13.3. The van der Waals surface area contributed by atoms with Crippen molar-refractivity contribution in [2.45, 2.75) is 57.0 Å². The van der Waals surface area contributed by atoms with Crippen LogP contribution in [0.5, 0.6) is 0 Å². The molecule has 2 aromatic rings. The van der Waals surface area contributed by atoms with E-state index in [2.05, 4.69) is 17.6 Å². The first-order valence-corrected chi connectivity index (χ1v) is 11.9. The van der Waals surface area contributed by atoms with Crippen LogP contribution in [0.4, 0.5) is 5.69 Å². The summed E-state index contributed by atoms with van der Waals surface area (Å²) >= 11 is 0. The van der Waals surface area contributed by atoms with Crippen LogP contribution in [0.25, 0.3) is 0 Å². The Bertz CT molecular complexity index is 987. The molecule has 2 atom stereocenters. The van der Waals surface area contributed by atoms with Crippen molar-refractivity contribution >= 4 is 27.5 Å². The predicted octanol–water partition coefficient (Wildman–Crippen LogP) is 3.12. The van der Waals surface area contributed by atoms with E-state index in [1.54, 1.807) is 12.1 Å². The number of furan rings is 1. The number of hydrogen-bond donors (Lipinski definition) is 2. The maximum Gasteiger partial charge on any atom is 0.243 e. The van der Waals surface area contributed by atoms with Crippen molar-refractivity contribution in [2.24, 2.45) is 5.92 Å². The number of carbonyl (C=O) groups excluding carboxylic acids is 2. The fraction of sp³-hybridized carbons (Fsp3) is 0.455. The van der Waals surface area contributed by atoms with E-state index in [0.717, 1.165) is 30.0 Å². The second kappa shape index (κ2) is 10.1. The van der Waals surface area contributed by atoms with Crippen LogP contribution in [0.15, 0.2) is 52.0 Å². The van der Waals surface area contributed by atoms with Crippen molar-refractivity contribution in [3.05, 3.63) is 48.4 Å². The fourth-order valence-electron chi connectivity index (χ4n) is 3.81. The van der Waals surface area contributed by atoms with E-state index in [-0.39, 0.29) is 35.8 Å². The lowest BCUT2D eigenvalue weighted by Crippen LogP contribution is -2.46. The van der Waals surface area contributed by atoms with Gasteiger partial charge >= 0.3 is 0 Å². The second-order valence-electron chi connectivity index (χ2n) is 7.99. The van der Waals surface area contributed by atoms with Gasteiger partial charge < -0.3 is 15.1 Å². The Kier molecular flexibility index (Phi) is 7.50. The van der Waals surface area contributed by atoms with Crippen LogP contribution < -0.4 is 10.6 Å². The molecule has 2 N–H and O–H groups in total. The topological polar surface area (TPSA) is 109 Å². The maximum absolute atomic E-state index is 13.3. The first-order chi connectivity index (χ1) is 14.8. The standard InChI is InChI=1S/C22H29N3O5S/c1-16-6-3-4-8-21(16)24-22(27)15-25(14-19-7-5-13-30-19)31(28,29)20-11-9-18(10-12-20)23-17(2)26/h5,7,9-13,16,21H,3-4,6,8,14-15H2,1-2H3,(H,23,26)(H,24,27)/t16-,21+/m1/s1. The number of anilines is 1. The molecule has 0 aliphatic heterocycles. The summed E-state index contributed by atoms with van der Waals surface area (Å²) in [6, 6.07) is 9.27. The molecule has 1 fully saturated rings. The average molecular weight is 448 g/mol. The van der Waals surface area contributed by atoms with E-state index in [4.69, 9.17) is 4.42 Å². The molecule has 0 radical (unpaired) electrons. The summed E-state index contributed by atoms with van der Waals surface area (Å²) in [5.74, 6) is 0.235. The van der Waals surface area contributed by atoms with Gasteiger partial charge in [0.1, 0.15) is 5.76 Å². The van der Waals surface area contributed by atoms with Crippen molar-refractivity contribution in [1.82, 2.24) is 9.62 Å². The Morgan fingerprint density at radius 3 is 2.45 bits per heavy atom. The summed E-state index contributed by atoms with van der Waals surface area (Å²) in [7, 11) is -3.97. The molecule has 1 aliphatic carbocycles. The number of nitrogens with zero attached hydrogens (tertiary/aromatic N) is 1. The molecule has 168 valence electrons. The highest BCUT2D eigenvalue weighted by molar-refractivity contribution is 7.89. The molecule has 0 spiro atoms. The molecular formula is C22H29N3O5S. The normalized spacial score (nSPS) is 19.2. The number of hydrogen-bond acceptors (Lipinski definition) is 5. The highest BCUT2D eigenvalue weighted by Gasteiger charge is 2.30. The Morgan fingerprint density at radius 2 is 1.84 bits per heavy atom. The van der Waals surface area contributed by atoms with E-state index < -0.39 is 10.0 Å². The van der Waals surface area contributed by atoms with Gasteiger partial charge in [-0.15, -0.1) is 0 Å². The summed E-state index contributed by atoms with van der Waals surface area (Å²) in [6.45, 7) is 3.12. The van der Waals surface area contributed by atoms with Crippen molar-refractivity contribution in [3.8, 4) is 0 Å². The molecule has 1 aromatic carbocycles. The van der Waals surface area contributed by atoms with E-state index in [1.807, 2.05) is 0 Å². The van der Waals surface area contributed by atoms with Gasteiger partial charge in [-0.05, 0) is 55.2 Å². The van der Waals surface area contributed by atoms with Gasteiger partial charge in [-0.1, -0.05) is 19.8 Å². The van der Waals surface area contributed by atoms with Gasteiger partial charge in [0.2, 0.25) is 21.8 Å². The minimum Gasteiger partial charge on any atom is -0.468 e. The van der Waals surface area contributed by atoms with Gasteiger partial charge in [0, 0.05) is 18.7 Å². The van der Waals surface area contributed by atoms with Crippen molar-refractivity contribution in [1.29, 1.82) is 0 Å². The first kappa shape index (κ1) is 23.0. The average Bonchev–Trinajstić information content (AvgIpc) is 3.22. The van der Waals surface area contributed by atoms with Gasteiger partial charge in [0.05, 0.1) is 24.2 Å². The van der Waals surface area contributed by atoms with Gasteiger partial charge in [-0.25, -0.2) is 8.42 Å². The summed E-state index contributed by atoms with van der Waals surface area (Å²) in [6.07, 6.45) is 5.64. The number of rotatable bonds is 8. The molecule has 0 saturated heterocycles. The van der Waals surface area contributed by atoms with Crippen LogP contribution in [0.3, 0.4) is 0 Å². The second-order valence-corrected chi connectivity index (χ2v) is 9.93. The van der Waals surface area contributed by atoms with Crippen LogP contribution >= 0.6 is 0 Å². The first-order valence-electron chi connectivity index (χ1n) is 10.5. The quantitative estimate of drug-likeness (QED) is 0.646. The Morgan fingerprint density at radius 1 is 1.13 bits per heavy atom. The van der Waals surface area contributed by atoms with Gasteiger partial charge in [0.15, 0.2) is 0 Å². The molecular weight excluding hydrogens is 418 g/mol. The van der Waals surface area contributed by atoms with Gasteiger partial charge in [-0.3, -0.25) is 9.59 Å². The Hall–Kier alpha value is -2.65. The molecule has 0 unspecified atom stereocenters. The molecule has 8 nitrogen and oxygen atoms in total. The van der Waals surface area contributed by atoms with Crippen LogP contribution in [0.1, 0.15) is 45.3 Å². The third kappa shape index (κ3) is 6.18. The van der Waals surface area contributed by atoms with Crippen molar-refractivity contribution in [3.63, 3.8) is 0 Å². The number of benzene rings is 1. The largest absolute Gasteiger partial charge is 0.468 e. The highest BCUT2D eigenvalue weighted by Crippen LogP contribution is 2.24. The smallest absolute Gasteiger partial charge is 0.243 e. The SMILES string of the molecule is CC(=O)Nc1ccc(S(=O)(=O)N(CC(=O)N[C@H]2CCCC[C@H]2C)Cc2ccco2)cc1. The fourth-order valence-corrected chi connectivity index (χ4v) is 5.17. The van der Waals surface area contributed by atoms with Crippen LogP contribution in [0, 0.1) is 5.92 Å². The number of nitrogens with one attached hydrogen (secondary N) is 2. The van der Waals surface area contributed by atoms with E-state index in [0.29, 0.717) is 17.4 Å². The minimum atomic E-state index is -3.97. The van der Waals surface area contributed by atoms with Crippen LogP contribution in [0.2, 0.25) is 0 Å². The minimum absolute atomic E-state index is 0.0343. The lowest BCUT2D eigenvalue weighted by molar-refractivity contribution is -0.122. The molecule has 1 aliphatic rings. The number of sulfonamides is 1. The third-order valence-electron chi connectivity index (χ3n) is 5.50. The zero-order valence-electron chi connectivity index (χ0n) is 17.8. The lowest BCUT2D eigenvalue weighted by Gasteiger charge is -2.30. The van der Waals surface area contributed by atoms with Crippen LogP contribution in [-0.2, 0) is 26.2 Å². The van der Waals surface area contributed by atoms with Crippen molar-refractivity contribution < 1.29 is 22.4 Å². The zero-order valence-corrected chi connectivity index (χ0v) is 18.7. The van der Waals surface area contributed by atoms with Crippen molar-refractivity contribution in [2.75, 3.05) is 11.9 Å². The zero-order chi connectivity index (χ0) is 22.4. The summed E-state index contributed by atoms with van der Waals surface area (Å²) < 4.78 is 33.0. The van der Waals surface area contributed by atoms with E-state index >= 15 is 0 Å². The number of carbonyl (C=O) groups is 2. The molecule has 1 heterocycles. The monoisotopic (exact) mass is 447 g/mol. The predicted molar refractivity (Wildman–Crippen MR) is 117 cm³/mol. The summed E-state index contributed by atoms with van der Waals surface area (Å²) in [4.78, 5) is 24.0. The molecule has 1 aromatic heterocycles. The Balaban J connectivity index is 1.78. The summed E-state index contributed by atoms with van der Waals surface area (Å²) in [5.41, 5.74) is 0.494. The molecule has 0 bridgehead atoms. The molecule has 1 saturated carbocycles. The third-order valence-corrected chi connectivity index (χ3v) is 7.31. The van der Waals surface area contributed by atoms with E-state index in [1.165, 1.54) is 37.5 Å². The molecule has 31 heavy (non-hydrogen) atoms. The Labute approximate surface area is 183 Å². The molecule has 9 heteroatoms. The summed E-state index contributed by atoms with van der Waals surface area (Å²) in [5, 5.41) is 5.61. The molecule has 3 rings (SSSR count). The van der Waals surface area contributed by atoms with Gasteiger partial charge in [0.25, 0.3) is 0 Å². The van der Waals surface area contributed by atoms with Gasteiger partial charge in [-0.2, -0.15) is 4.31 Å². The van der Waals surface area contributed by atoms with E-state index in [9.17, 15) is 18.0 Å². The molecule has 2 amide bonds. The van der Waals surface area contributed by atoms with Crippen LogP contribution in [-0.4, -0.2) is 37.1 Å². The lowest BCUT2D eigenvalue weighted by atomic mass is 9.86. The number of amides is 2. The highest BCUT2D eigenvalue weighted by atomic mass is 32.2.